The average Bonchev–Trinajstić information content (AvgIpc) is 2.75. The largest absolute Gasteiger partial charge is 0.491 e. The summed E-state index contributed by atoms with van der Waals surface area (Å²) in [6.45, 7) is 5.28. The van der Waals surface area contributed by atoms with Gasteiger partial charge in [-0.1, -0.05) is 36.4 Å². The lowest BCUT2D eigenvalue weighted by molar-refractivity contribution is -0.125. The van der Waals surface area contributed by atoms with Crippen LogP contribution in [0, 0.1) is 11.3 Å². The van der Waals surface area contributed by atoms with Gasteiger partial charge in [-0.05, 0) is 49.6 Å². The van der Waals surface area contributed by atoms with Crippen LogP contribution in [-0.4, -0.2) is 49.0 Å². The second-order valence-electron chi connectivity index (χ2n) is 8.24. The number of primary amides is 1. The molecule has 2 amide bonds. The zero-order valence-electron chi connectivity index (χ0n) is 19.7. The number of carbonyl (C=O) groups is 2. The first-order valence-electron chi connectivity index (χ1n) is 10.7. The lowest BCUT2D eigenvalue weighted by Crippen LogP contribution is -2.50. The van der Waals surface area contributed by atoms with Gasteiger partial charge in [0.15, 0.2) is 0 Å². The van der Waals surface area contributed by atoms with Crippen molar-refractivity contribution >= 4 is 21.8 Å². The number of ether oxygens (including phenoxy) is 1. The topological polar surface area (TPSA) is 143 Å². The molecule has 3 N–H and O–H groups in total. The Bertz CT molecular complexity index is 1160. The molecule has 2 rings (SSSR count). The van der Waals surface area contributed by atoms with Crippen LogP contribution >= 0.6 is 0 Å². The first kappa shape index (κ1) is 26.8. The van der Waals surface area contributed by atoms with Crippen molar-refractivity contribution in [2.75, 3.05) is 6.26 Å². The molecule has 0 aliphatic carbocycles. The molecule has 2 aromatic carbocycles. The van der Waals surface area contributed by atoms with Crippen molar-refractivity contribution in [3.63, 3.8) is 0 Å². The van der Waals surface area contributed by atoms with Gasteiger partial charge >= 0.3 is 0 Å². The van der Waals surface area contributed by atoms with Crippen molar-refractivity contribution in [2.24, 2.45) is 5.73 Å². The fraction of sp³-hybridized carbons (Fsp3) is 0.375. The number of sulfonamides is 1. The van der Waals surface area contributed by atoms with Gasteiger partial charge in [-0.25, -0.2) is 8.42 Å². The van der Waals surface area contributed by atoms with Crippen molar-refractivity contribution in [2.45, 2.75) is 51.9 Å². The lowest BCUT2D eigenvalue weighted by atomic mass is 10.0. The molecule has 0 saturated heterocycles. The molecule has 2 aromatic rings. The molecule has 0 spiro atoms. The summed E-state index contributed by atoms with van der Waals surface area (Å²) in [5, 5.41) is 11.5. The van der Waals surface area contributed by atoms with Gasteiger partial charge in [0.1, 0.15) is 17.8 Å². The van der Waals surface area contributed by atoms with E-state index in [0.29, 0.717) is 5.56 Å². The molecule has 0 bridgehead atoms. The Morgan fingerprint density at radius 1 is 1.12 bits per heavy atom. The SMILES string of the molecule is CC(C)Oc1cccc(-c2ccc(CN([C@H](C)C(=O)N[C@H](C#N)CC(N)=O)S(C)(=O)=O)cc2)c1. The highest BCUT2D eigenvalue weighted by molar-refractivity contribution is 7.88. The molecule has 0 fully saturated rings. The van der Waals surface area contributed by atoms with E-state index in [4.69, 9.17) is 15.7 Å². The summed E-state index contributed by atoms with van der Waals surface area (Å²) in [5.41, 5.74) is 7.64. The number of nitrogens with zero attached hydrogens (tertiary/aromatic N) is 2. The smallest absolute Gasteiger partial charge is 0.239 e. The summed E-state index contributed by atoms with van der Waals surface area (Å²) < 4.78 is 31.6. The molecule has 0 saturated carbocycles. The van der Waals surface area contributed by atoms with Gasteiger partial charge in [0.05, 0.1) is 24.8 Å². The highest BCUT2D eigenvalue weighted by atomic mass is 32.2. The molecule has 0 radical (unpaired) electrons. The monoisotopic (exact) mass is 486 g/mol. The van der Waals surface area contributed by atoms with E-state index >= 15 is 0 Å². The van der Waals surface area contributed by atoms with E-state index in [1.165, 1.54) is 6.92 Å². The molecule has 0 aromatic heterocycles. The Morgan fingerprint density at radius 2 is 1.76 bits per heavy atom. The van der Waals surface area contributed by atoms with Crippen LogP contribution in [0.3, 0.4) is 0 Å². The summed E-state index contributed by atoms with van der Waals surface area (Å²) in [6.07, 6.45) is 0.702. The summed E-state index contributed by atoms with van der Waals surface area (Å²) in [4.78, 5) is 23.6. The Balaban J connectivity index is 2.19. The predicted molar refractivity (Wildman–Crippen MR) is 129 cm³/mol. The number of nitrogens with two attached hydrogens (primary N) is 1. The summed E-state index contributed by atoms with van der Waals surface area (Å²) >= 11 is 0. The second kappa shape index (κ2) is 11.6. The maximum absolute atomic E-state index is 12.6. The number of hydrogen-bond donors (Lipinski definition) is 2. The number of carbonyl (C=O) groups excluding carboxylic acids is 2. The van der Waals surface area contributed by atoms with E-state index in [1.54, 1.807) is 18.2 Å². The zero-order chi connectivity index (χ0) is 25.5. The third kappa shape index (κ3) is 7.86. The van der Waals surface area contributed by atoms with E-state index in [2.05, 4.69) is 5.32 Å². The first-order chi connectivity index (χ1) is 15.9. The van der Waals surface area contributed by atoms with Crippen LogP contribution in [0.5, 0.6) is 5.75 Å². The highest BCUT2D eigenvalue weighted by Crippen LogP contribution is 2.25. The first-order valence-corrected chi connectivity index (χ1v) is 12.6. The molecule has 0 unspecified atom stereocenters. The number of hydrogen-bond acceptors (Lipinski definition) is 6. The summed E-state index contributed by atoms with van der Waals surface area (Å²) in [6, 6.07) is 14.5. The van der Waals surface area contributed by atoms with E-state index in [1.807, 2.05) is 50.2 Å². The minimum atomic E-state index is -3.77. The molecule has 10 heteroatoms. The minimum Gasteiger partial charge on any atom is -0.491 e. The fourth-order valence-corrected chi connectivity index (χ4v) is 4.35. The maximum Gasteiger partial charge on any atom is 0.239 e. The Hall–Kier alpha value is -3.42. The maximum atomic E-state index is 12.6. The fourth-order valence-electron chi connectivity index (χ4n) is 3.30. The van der Waals surface area contributed by atoms with Crippen LogP contribution in [0.4, 0.5) is 0 Å². The van der Waals surface area contributed by atoms with Crippen LogP contribution < -0.4 is 15.8 Å². The quantitative estimate of drug-likeness (QED) is 0.498. The van der Waals surface area contributed by atoms with E-state index in [-0.39, 0.29) is 19.1 Å². The van der Waals surface area contributed by atoms with Gasteiger partial charge in [0, 0.05) is 6.54 Å². The van der Waals surface area contributed by atoms with E-state index in [0.717, 1.165) is 27.4 Å². The molecular weight excluding hydrogens is 456 g/mol. The standard InChI is InChI=1S/C24H30N4O5S/c1-16(2)33-22-7-5-6-20(12-22)19-10-8-18(9-11-19)15-28(34(4,31)32)17(3)24(30)27-21(14-25)13-23(26)29/h5-12,16-17,21H,13,15H2,1-4H3,(H2,26,29)(H,27,30)/t17-,21+/m1/s1. The highest BCUT2D eigenvalue weighted by Gasteiger charge is 2.30. The van der Waals surface area contributed by atoms with Gasteiger partial charge in [0.25, 0.3) is 0 Å². The molecule has 9 nitrogen and oxygen atoms in total. The van der Waals surface area contributed by atoms with Gasteiger partial charge in [-0.15, -0.1) is 0 Å². The van der Waals surface area contributed by atoms with Crippen LogP contribution in [0.15, 0.2) is 48.5 Å². The van der Waals surface area contributed by atoms with Crippen molar-refractivity contribution in [1.29, 1.82) is 5.26 Å². The third-order valence-electron chi connectivity index (χ3n) is 4.95. The van der Waals surface area contributed by atoms with E-state index < -0.39 is 33.9 Å². The van der Waals surface area contributed by atoms with Gasteiger partial charge in [0.2, 0.25) is 21.8 Å². The third-order valence-corrected chi connectivity index (χ3v) is 6.24. The molecule has 0 heterocycles. The van der Waals surface area contributed by atoms with Crippen LogP contribution in [0.2, 0.25) is 0 Å². The summed E-state index contributed by atoms with van der Waals surface area (Å²) in [7, 11) is -3.77. The second-order valence-corrected chi connectivity index (χ2v) is 10.2. The Morgan fingerprint density at radius 3 is 2.29 bits per heavy atom. The lowest BCUT2D eigenvalue weighted by Gasteiger charge is -2.27. The van der Waals surface area contributed by atoms with Gasteiger partial charge in [-0.3, -0.25) is 9.59 Å². The van der Waals surface area contributed by atoms with Gasteiger partial charge < -0.3 is 15.8 Å². The van der Waals surface area contributed by atoms with Gasteiger partial charge in [-0.2, -0.15) is 9.57 Å². The van der Waals surface area contributed by atoms with Crippen LogP contribution in [0.25, 0.3) is 11.1 Å². The predicted octanol–water partition coefficient (Wildman–Crippen LogP) is 2.17. The number of nitrogens with one attached hydrogen (secondary N) is 1. The molecular formula is C24H30N4O5S. The number of benzene rings is 2. The van der Waals surface area contributed by atoms with Crippen molar-refractivity contribution < 1.29 is 22.7 Å². The molecule has 34 heavy (non-hydrogen) atoms. The summed E-state index contributed by atoms with van der Waals surface area (Å²) in [5.74, 6) is -0.690. The Kier molecular flexibility index (Phi) is 9.18. The minimum absolute atomic E-state index is 0.0444. The molecule has 182 valence electrons. The molecule has 0 aliphatic rings. The van der Waals surface area contributed by atoms with E-state index in [9.17, 15) is 18.0 Å². The zero-order valence-corrected chi connectivity index (χ0v) is 20.5. The molecule has 2 atom stereocenters. The van der Waals surface area contributed by atoms with Crippen LogP contribution in [0.1, 0.15) is 32.8 Å². The number of nitriles is 1. The van der Waals surface area contributed by atoms with Crippen molar-refractivity contribution in [3.8, 4) is 22.9 Å². The normalized spacial score (nSPS) is 13.2. The Labute approximate surface area is 200 Å². The number of amides is 2. The van der Waals surface area contributed by atoms with Crippen LogP contribution in [-0.2, 0) is 26.2 Å². The van der Waals surface area contributed by atoms with Crippen molar-refractivity contribution in [1.82, 2.24) is 9.62 Å². The average molecular weight is 487 g/mol. The number of rotatable bonds is 11. The molecule has 0 aliphatic heterocycles. The van der Waals surface area contributed by atoms with Crippen molar-refractivity contribution in [3.05, 3.63) is 54.1 Å².